The summed E-state index contributed by atoms with van der Waals surface area (Å²) in [7, 11) is 0. The Morgan fingerprint density at radius 1 is 1.54 bits per heavy atom. The van der Waals surface area contributed by atoms with E-state index in [0.29, 0.717) is 0 Å². The van der Waals surface area contributed by atoms with E-state index in [1.807, 2.05) is 0 Å². The van der Waals surface area contributed by atoms with Crippen LogP contribution in [0.5, 0.6) is 0 Å². The van der Waals surface area contributed by atoms with E-state index in [1.54, 1.807) is 0 Å². The predicted molar refractivity (Wildman–Crippen MR) is 51.2 cm³/mol. The topological polar surface area (TPSA) is 49.3 Å². The Hall–Kier alpha value is -0.830. The molecule has 2 N–H and O–H groups in total. The smallest absolute Gasteiger partial charge is 0.243 e. The Labute approximate surface area is 78.8 Å². The molecule has 0 radical (unpaired) electrons. The first-order valence-electron chi connectivity index (χ1n) is 4.81. The SMILES string of the molecule is C=CC(=O)N[C@@H]1CCCC[C@H]1CO. The minimum absolute atomic E-state index is 0.134. The van der Waals surface area contributed by atoms with Crippen LogP contribution in [0.2, 0.25) is 0 Å². The van der Waals surface area contributed by atoms with E-state index in [0.717, 1.165) is 25.7 Å². The molecule has 3 heteroatoms. The van der Waals surface area contributed by atoms with Crippen LogP contribution in [-0.4, -0.2) is 23.7 Å². The van der Waals surface area contributed by atoms with Crippen molar-refractivity contribution in [3.63, 3.8) is 0 Å². The number of hydrogen-bond acceptors (Lipinski definition) is 2. The van der Waals surface area contributed by atoms with Gasteiger partial charge in [0.05, 0.1) is 0 Å². The van der Waals surface area contributed by atoms with E-state index >= 15 is 0 Å². The second-order valence-electron chi connectivity index (χ2n) is 3.55. The maximum atomic E-state index is 11.0. The first-order chi connectivity index (χ1) is 6.27. The third-order valence-electron chi connectivity index (χ3n) is 2.66. The highest BCUT2D eigenvalue weighted by atomic mass is 16.3. The van der Waals surface area contributed by atoms with Gasteiger partial charge in [0, 0.05) is 18.6 Å². The fourth-order valence-electron chi connectivity index (χ4n) is 1.86. The van der Waals surface area contributed by atoms with Gasteiger partial charge < -0.3 is 10.4 Å². The van der Waals surface area contributed by atoms with Crippen LogP contribution in [0.15, 0.2) is 12.7 Å². The standard InChI is InChI=1S/C10H17NO2/c1-2-10(13)11-9-6-4-3-5-8(9)7-12/h2,8-9,12H,1,3-7H2,(H,11,13)/t8-,9+/m0/s1. The lowest BCUT2D eigenvalue weighted by molar-refractivity contribution is -0.117. The van der Waals surface area contributed by atoms with E-state index < -0.39 is 0 Å². The van der Waals surface area contributed by atoms with Crippen molar-refractivity contribution in [3.05, 3.63) is 12.7 Å². The lowest BCUT2D eigenvalue weighted by Gasteiger charge is -2.30. The van der Waals surface area contributed by atoms with Crippen LogP contribution in [0.25, 0.3) is 0 Å². The number of aliphatic hydroxyl groups is 1. The third kappa shape index (κ3) is 2.84. The van der Waals surface area contributed by atoms with Crippen LogP contribution in [0, 0.1) is 5.92 Å². The number of hydrogen-bond donors (Lipinski definition) is 2. The molecule has 0 aliphatic heterocycles. The molecule has 0 saturated heterocycles. The first kappa shape index (κ1) is 10.3. The van der Waals surface area contributed by atoms with E-state index in [4.69, 9.17) is 5.11 Å². The summed E-state index contributed by atoms with van der Waals surface area (Å²) in [5, 5.41) is 11.9. The molecule has 0 aromatic heterocycles. The van der Waals surface area contributed by atoms with Gasteiger partial charge >= 0.3 is 0 Å². The fraction of sp³-hybridized carbons (Fsp3) is 0.700. The molecule has 2 atom stereocenters. The zero-order chi connectivity index (χ0) is 9.68. The van der Waals surface area contributed by atoms with Crippen LogP contribution in [0.1, 0.15) is 25.7 Å². The normalized spacial score (nSPS) is 28.1. The molecule has 1 saturated carbocycles. The summed E-state index contributed by atoms with van der Waals surface area (Å²) in [6.45, 7) is 3.57. The second kappa shape index (κ2) is 5.02. The summed E-state index contributed by atoms with van der Waals surface area (Å²) < 4.78 is 0. The van der Waals surface area contributed by atoms with Crippen molar-refractivity contribution in [2.45, 2.75) is 31.7 Å². The minimum atomic E-state index is -0.134. The monoisotopic (exact) mass is 183 g/mol. The van der Waals surface area contributed by atoms with E-state index in [-0.39, 0.29) is 24.5 Å². The summed E-state index contributed by atoms with van der Waals surface area (Å²) in [5.74, 6) is 0.1000. The van der Waals surface area contributed by atoms with Crippen molar-refractivity contribution in [3.8, 4) is 0 Å². The molecule has 13 heavy (non-hydrogen) atoms. The zero-order valence-electron chi connectivity index (χ0n) is 7.83. The fourth-order valence-corrected chi connectivity index (χ4v) is 1.86. The molecule has 0 aromatic rings. The third-order valence-corrected chi connectivity index (χ3v) is 2.66. The summed E-state index contributed by atoms with van der Waals surface area (Å²) in [4.78, 5) is 11.0. The highest BCUT2D eigenvalue weighted by molar-refractivity contribution is 5.87. The summed E-state index contributed by atoms with van der Waals surface area (Å²) >= 11 is 0. The lowest BCUT2D eigenvalue weighted by Crippen LogP contribution is -2.42. The van der Waals surface area contributed by atoms with E-state index in [1.165, 1.54) is 6.08 Å². The number of carbonyl (C=O) groups is 1. The van der Waals surface area contributed by atoms with Gasteiger partial charge in [-0.2, -0.15) is 0 Å². The Morgan fingerprint density at radius 3 is 2.85 bits per heavy atom. The van der Waals surface area contributed by atoms with Gasteiger partial charge in [-0.15, -0.1) is 0 Å². The number of aliphatic hydroxyl groups excluding tert-OH is 1. The largest absolute Gasteiger partial charge is 0.396 e. The van der Waals surface area contributed by atoms with E-state index in [9.17, 15) is 4.79 Å². The van der Waals surface area contributed by atoms with Gasteiger partial charge in [-0.25, -0.2) is 0 Å². The molecule has 3 nitrogen and oxygen atoms in total. The Morgan fingerprint density at radius 2 is 2.23 bits per heavy atom. The van der Waals surface area contributed by atoms with Crippen molar-refractivity contribution in [1.82, 2.24) is 5.32 Å². The molecule has 0 spiro atoms. The molecule has 0 bridgehead atoms. The molecule has 0 heterocycles. The molecular formula is C10H17NO2. The van der Waals surface area contributed by atoms with Crippen molar-refractivity contribution < 1.29 is 9.90 Å². The highest BCUT2D eigenvalue weighted by Gasteiger charge is 2.24. The second-order valence-corrected chi connectivity index (χ2v) is 3.55. The van der Waals surface area contributed by atoms with Crippen LogP contribution in [-0.2, 0) is 4.79 Å². The number of carbonyl (C=O) groups excluding carboxylic acids is 1. The average molecular weight is 183 g/mol. The minimum Gasteiger partial charge on any atom is -0.396 e. The van der Waals surface area contributed by atoms with Crippen molar-refractivity contribution in [2.24, 2.45) is 5.92 Å². The first-order valence-corrected chi connectivity index (χ1v) is 4.81. The van der Waals surface area contributed by atoms with Gasteiger partial charge in [-0.3, -0.25) is 4.79 Å². The van der Waals surface area contributed by atoms with Crippen molar-refractivity contribution in [1.29, 1.82) is 0 Å². The number of nitrogens with one attached hydrogen (secondary N) is 1. The van der Waals surface area contributed by atoms with Crippen LogP contribution < -0.4 is 5.32 Å². The molecule has 0 aromatic carbocycles. The Kier molecular flexibility index (Phi) is 3.96. The lowest BCUT2D eigenvalue weighted by atomic mass is 9.85. The molecule has 1 aliphatic rings. The van der Waals surface area contributed by atoms with E-state index in [2.05, 4.69) is 11.9 Å². The summed E-state index contributed by atoms with van der Waals surface area (Å²) in [6.07, 6.45) is 5.57. The molecule has 74 valence electrons. The number of amides is 1. The maximum Gasteiger partial charge on any atom is 0.243 e. The van der Waals surface area contributed by atoms with Gasteiger partial charge in [0.25, 0.3) is 0 Å². The molecule has 1 amide bonds. The molecule has 0 unspecified atom stereocenters. The van der Waals surface area contributed by atoms with Gasteiger partial charge in [-0.05, 0) is 18.9 Å². The van der Waals surface area contributed by atoms with Gasteiger partial charge in [0.15, 0.2) is 0 Å². The predicted octanol–water partition coefficient (Wildman–Crippen LogP) is 0.840. The van der Waals surface area contributed by atoms with Crippen molar-refractivity contribution in [2.75, 3.05) is 6.61 Å². The number of rotatable bonds is 3. The zero-order valence-corrected chi connectivity index (χ0v) is 7.83. The molecule has 1 rings (SSSR count). The van der Waals surface area contributed by atoms with Crippen LogP contribution in [0.3, 0.4) is 0 Å². The quantitative estimate of drug-likeness (QED) is 0.637. The van der Waals surface area contributed by atoms with Gasteiger partial charge in [0.1, 0.15) is 0 Å². The molecule has 1 fully saturated rings. The van der Waals surface area contributed by atoms with Gasteiger partial charge in [-0.1, -0.05) is 19.4 Å². The van der Waals surface area contributed by atoms with Crippen molar-refractivity contribution >= 4 is 5.91 Å². The highest BCUT2D eigenvalue weighted by Crippen LogP contribution is 2.23. The van der Waals surface area contributed by atoms with Gasteiger partial charge in [0.2, 0.25) is 5.91 Å². The summed E-state index contributed by atoms with van der Waals surface area (Å²) in [6, 6.07) is 0.143. The molecule has 1 aliphatic carbocycles. The van der Waals surface area contributed by atoms with Crippen LogP contribution in [0.4, 0.5) is 0 Å². The Balaban J connectivity index is 2.44. The van der Waals surface area contributed by atoms with Crippen LogP contribution >= 0.6 is 0 Å². The molecular weight excluding hydrogens is 166 g/mol. The maximum absolute atomic E-state index is 11.0. The Bertz CT molecular complexity index is 191. The summed E-state index contributed by atoms with van der Waals surface area (Å²) in [5.41, 5.74) is 0. The average Bonchev–Trinajstić information content (AvgIpc) is 2.18.